The van der Waals surface area contributed by atoms with E-state index in [4.69, 9.17) is 16.4 Å². The highest BCUT2D eigenvalue weighted by molar-refractivity contribution is 5.97. The summed E-state index contributed by atoms with van der Waals surface area (Å²) in [6.45, 7) is 0. The van der Waals surface area contributed by atoms with Crippen molar-refractivity contribution in [3.8, 4) is 45.7 Å². The number of nitrogens with zero attached hydrogens (tertiary/aromatic N) is 2. The van der Waals surface area contributed by atoms with E-state index in [-0.39, 0.29) is 0 Å². The van der Waals surface area contributed by atoms with Gasteiger partial charge < -0.3 is 9.97 Å². The summed E-state index contributed by atoms with van der Waals surface area (Å²) in [5, 5.41) is 0. The zero-order valence-corrected chi connectivity index (χ0v) is 23.8. The first-order valence-electron chi connectivity index (χ1n) is 14.5. The van der Waals surface area contributed by atoms with Gasteiger partial charge in [0.05, 0.1) is 22.8 Å². The zero-order valence-electron chi connectivity index (χ0n) is 23.8. The molecule has 8 rings (SSSR count). The smallest absolute Gasteiger partial charge is 0.0737 e. The molecule has 0 spiro atoms. The Morgan fingerprint density at radius 3 is 1.57 bits per heavy atom. The number of rotatable bonds is 3. The van der Waals surface area contributed by atoms with Gasteiger partial charge in [-0.2, -0.15) is 0 Å². The van der Waals surface area contributed by atoms with Crippen molar-refractivity contribution in [2.45, 2.75) is 0 Å². The molecule has 206 valence electrons. The molecule has 0 saturated heterocycles. The number of H-pyrrole nitrogens is 2. The molecule has 4 nitrogen and oxygen atoms in total. The number of nitrogens with one attached hydrogen (secondary N) is 2. The van der Waals surface area contributed by atoms with Crippen LogP contribution in [-0.2, 0) is 0 Å². The van der Waals surface area contributed by atoms with Gasteiger partial charge in [0.1, 0.15) is 0 Å². The van der Waals surface area contributed by atoms with Crippen molar-refractivity contribution >= 4 is 46.4 Å². The van der Waals surface area contributed by atoms with Gasteiger partial charge in [-0.15, -0.1) is 6.42 Å². The molecule has 3 aromatic heterocycles. The Morgan fingerprint density at radius 2 is 0.977 bits per heavy atom. The highest BCUT2D eigenvalue weighted by Gasteiger charge is 2.16. The maximum Gasteiger partial charge on any atom is 0.0737 e. The Morgan fingerprint density at radius 1 is 0.477 bits per heavy atom. The lowest BCUT2D eigenvalue weighted by Gasteiger charge is -2.06. The summed E-state index contributed by atoms with van der Waals surface area (Å²) >= 11 is 0. The minimum atomic E-state index is 0.836. The van der Waals surface area contributed by atoms with Crippen molar-refractivity contribution in [2.24, 2.45) is 0 Å². The minimum Gasteiger partial charge on any atom is -0.355 e. The van der Waals surface area contributed by atoms with Gasteiger partial charge in [-0.05, 0) is 83.5 Å². The van der Waals surface area contributed by atoms with Crippen LogP contribution in [0.1, 0.15) is 28.3 Å². The lowest BCUT2D eigenvalue weighted by atomic mass is 10.0. The van der Waals surface area contributed by atoms with Gasteiger partial charge >= 0.3 is 0 Å². The highest BCUT2D eigenvalue weighted by atomic mass is 14.8. The molecule has 0 unspecified atom stereocenters. The van der Waals surface area contributed by atoms with Crippen LogP contribution in [0.3, 0.4) is 0 Å². The van der Waals surface area contributed by atoms with Gasteiger partial charge in [0.25, 0.3) is 0 Å². The van der Waals surface area contributed by atoms with E-state index in [9.17, 15) is 0 Å². The van der Waals surface area contributed by atoms with Crippen molar-refractivity contribution in [2.75, 3.05) is 0 Å². The monoisotopic (exact) mass is 562 g/mol. The van der Waals surface area contributed by atoms with E-state index >= 15 is 0 Å². The normalized spacial score (nSPS) is 11.9. The molecular weight excluding hydrogens is 536 g/mol. The van der Waals surface area contributed by atoms with E-state index in [1.807, 2.05) is 24.3 Å². The summed E-state index contributed by atoms with van der Waals surface area (Å²) in [6.07, 6.45) is 14.1. The van der Waals surface area contributed by atoms with Crippen molar-refractivity contribution in [1.82, 2.24) is 19.9 Å². The second kappa shape index (κ2) is 10.6. The van der Waals surface area contributed by atoms with E-state index in [0.29, 0.717) is 0 Å². The molecular formula is C40H26N4. The van der Waals surface area contributed by atoms with Crippen LogP contribution in [0.15, 0.2) is 115 Å². The van der Waals surface area contributed by atoms with E-state index in [1.54, 1.807) is 0 Å². The van der Waals surface area contributed by atoms with Crippen molar-refractivity contribution < 1.29 is 0 Å². The van der Waals surface area contributed by atoms with Gasteiger partial charge in [-0.1, -0.05) is 78.7 Å². The molecule has 3 aromatic carbocycles. The fourth-order valence-electron chi connectivity index (χ4n) is 5.99. The third-order valence-electron chi connectivity index (χ3n) is 8.04. The molecule has 0 aliphatic carbocycles. The second-order valence-electron chi connectivity index (χ2n) is 10.8. The average molecular weight is 563 g/mol. The third kappa shape index (κ3) is 4.54. The van der Waals surface area contributed by atoms with E-state index < -0.39 is 0 Å². The summed E-state index contributed by atoms with van der Waals surface area (Å²) in [5.74, 6) is 2.74. The van der Waals surface area contributed by atoms with E-state index in [1.165, 1.54) is 0 Å². The second-order valence-corrected chi connectivity index (χ2v) is 10.8. The van der Waals surface area contributed by atoms with Crippen LogP contribution in [-0.4, -0.2) is 19.9 Å². The zero-order chi connectivity index (χ0) is 29.5. The molecule has 2 aliphatic rings. The predicted octanol–water partition coefficient (Wildman–Crippen LogP) is 9.64. The molecule has 0 radical (unpaired) electrons. The maximum absolute atomic E-state index is 5.70. The van der Waals surface area contributed by atoms with Crippen LogP contribution in [0, 0.1) is 12.3 Å². The number of hydrogen-bond acceptors (Lipinski definition) is 2. The molecule has 0 atom stereocenters. The Labute approximate surface area is 255 Å². The van der Waals surface area contributed by atoms with Crippen LogP contribution in [0.5, 0.6) is 0 Å². The van der Waals surface area contributed by atoms with Crippen LogP contribution in [0.25, 0.3) is 79.8 Å². The molecule has 44 heavy (non-hydrogen) atoms. The highest BCUT2D eigenvalue weighted by Crippen LogP contribution is 2.36. The Hall–Kier alpha value is -6.18. The first kappa shape index (κ1) is 25.5. The van der Waals surface area contributed by atoms with Gasteiger partial charge in [0.15, 0.2) is 0 Å². The molecule has 5 heterocycles. The average Bonchev–Trinajstić information content (AvgIpc) is 3.90. The summed E-state index contributed by atoms with van der Waals surface area (Å²) in [4.78, 5) is 17.7. The number of fused-ring (bicyclic) bond motifs is 8. The van der Waals surface area contributed by atoms with Crippen LogP contribution in [0.4, 0.5) is 0 Å². The number of benzene rings is 3. The molecule has 4 heteroatoms. The quantitative estimate of drug-likeness (QED) is 0.211. The molecule has 6 aromatic rings. The van der Waals surface area contributed by atoms with Gasteiger partial charge in [-0.3, -0.25) is 0 Å². The fraction of sp³-hybridized carbons (Fsp3) is 0. The maximum atomic E-state index is 5.70. The fourth-order valence-corrected chi connectivity index (χ4v) is 5.99. The number of aromatic amines is 2. The molecule has 0 amide bonds. The predicted molar refractivity (Wildman–Crippen MR) is 183 cm³/mol. The van der Waals surface area contributed by atoms with Crippen LogP contribution in [0.2, 0.25) is 0 Å². The van der Waals surface area contributed by atoms with Crippen molar-refractivity contribution in [1.29, 1.82) is 0 Å². The summed E-state index contributed by atoms with van der Waals surface area (Å²) in [5.41, 5.74) is 14.6. The van der Waals surface area contributed by atoms with Gasteiger partial charge in [0.2, 0.25) is 0 Å². The first-order valence-corrected chi connectivity index (χ1v) is 14.5. The largest absolute Gasteiger partial charge is 0.355 e. The van der Waals surface area contributed by atoms with E-state index in [0.717, 1.165) is 83.8 Å². The Balaban J connectivity index is 1.53. The molecule has 2 N–H and O–H groups in total. The molecule has 8 bridgehead atoms. The van der Waals surface area contributed by atoms with Crippen molar-refractivity contribution in [3.05, 3.63) is 144 Å². The molecule has 0 saturated carbocycles. The number of terminal acetylenes is 1. The van der Waals surface area contributed by atoms with Gasteiger partial charge in [0, 0.05) is 44.3 Å². The van der Waals surface area contributed by atoms with Crippen LogP contribution < -0.4 is 0 Å². The Bertz CT molecular complexity index is 2270. The molecule has 2 aliphatic heterocycles. The summed E-state index contributed by atoms with van der Waals surface area (Å²) < 4.78 is 0. The summed E-state index contributed by atoms with van der Waals surface area (Å²) in [6, 6.07) is 39.4. The number of aromatic nitrogens is 4. The molecule has 0 fully saturated rings. The lowest BCUT2D eigenvalue weighted by Crippen LogP contribution is -1.88. The number of hydrogen-bond donors (Lipinski definition) is 2. The first-order chi connectivity index (χ1) is 21.7. The standard InChI is InChI=1S/C40H26N4/c1-2-26-13-15-29(16-14-26)40-36-23-21-34(43-36)38(27-9-5-3-6-10-27)32-19-17-30(41-32)25-31-18-20-33(42-31)39(28-11-7-4-8-12-28)35-22-24-37(40)44-35/h1,3-25,41,44H. The van der Waals surface area contributed by atoms with Crippen LogP contribution >= 0.6 is 0 Å². The minimum absolute atomic E-state index is 0.836. The van der Waals surface area contributed by atoms with Crippen molar-refractivity contribution in [3.63, 3.8) is 0 Å². The van der Waals surface area contributed by atoms with E-state index in [2.05, 4.69) is 131 Å². The summed E-state index contributed by atoms with van der Waals surface area (Å²) in [7, 11) is 0. The Kier molecular flexibility index (Phi) is 6.14. The SMILES string of the molecule is C#Cc1ccc(-c2c3nc(c(-c4ccccc4)c4ccc(cc5nc(c(-c6ccccc6)c6ccc2[nH]6)C=C5)[nH]4)C=C3)cc1. The topological polar surface area (TPSA) is 57.4 Å². The lowest BCUT2D eigenvalue weighted by molar-refractivity contribution is 1.31. The van der Waals surface area contributed by atoms with Gasteiger partial charge in [-0.25, -0.2) is 9.97 Å². The third-order valence-corrected chi connectivity index (χ3v) is 8.04.